The van der Waals surface area contributed by atoms with Crippen LogP contribution >= 0.6 is 11.8 Å². The van der Waals surface area contributed by atoms with Gasteiger partial charge in [0.15, 0.2) is 5.16 Å². The van der Waals surface area contributed by atoms with Crippen molar-refractivity contribution in [3.8, 4) is 0 Å². The third-order valence-corrected chi connectivity index (χ3v) is 5.50. The molecule has 0 amide bonds. The molecule has 2 heterocycles. The van der Waals surface area contributed by atoms with E-state index in [1.165, 1.54) is 36.3 Å². The van der Waals surface area contributed by atoms with Crippen LogP contribution in [0.5, 0.6) is 0 Å². The lowest BCUT2D eigenvalue weighted by Gasteiger charge is -2.07. The molecule has 11 heteroatoms. The van der Waals surface area contributed by atoms with Gasteiger partial charge in [0, 0.05) is 18.9 Å². The predicted molar refractivity (Wildman–Crippen MR) is 89.8 cm³/mol. The molecule has 0 bridgehead atoms. The molecule has 25 heavy (non-hydrogen) atoms. The summed E-state index contributed by atoms with van der Waals surface area (Å²) in [6.45, 7) is -0.143. The number of rotatable bonds is 6. The fourth-order valence-corrected chi connectivity index (χ4v) is 4.00. The van der Waals surface area contributed by atoms with Gasteiger partial charge in [-0.15, -0.1) is 0 Å². The van der Waals surface area contributed by atoms with Gasteiger partial charge in [-0.05, 0) is 25.1 Å². The second-order valence-electron chi connectivity index (χ2n) is 5.15. The molecule has 0 aliphatic rings. The van der Waals surface area contributed by atoms with Crippen molar-refractivity contribution in [2.45, 2.75) is 35.8 Å². The Morgan fingerprint density at radius 3 is 2.76 bits per heavy atom. The molecule has 2 aromatic heterocycles. The van der Waals surface area contributed by atoms with Crippen LogP contribution < -0.4 is 5.14 Å². The number of thioether (sulfide) groups is 1. The van der Waals surface area contributed by atoms with Gasteiger partial charge in [-0.1, -0.05) is 11.8 Å². The van der Waals surface area contributed by atoms with E-state index in [1.807, 2.05) is 11.5 Å². The van der Waals surface area contributed by atoms with Crippen LogP contribution in [0.1, 0.15) is 19.3 Å². The molecule has 0 spiro atoms. The SMILES string of the molecule is CCn1c(SCc2nccn2C(F)F)nc2cc(S(N)(=O)=O)ccc21. The Hall–Kier alpha value is -1.98. The maximum Gasteiger partial charge on any atom is 0.319 e. The van der Waals surface area contributed by atoms with Gasteiger partial charge in [0.25, 0.3) is 0 Å². The molecule has 0 aliphatic carbocycles. The average molecular weight is 387 g/mol. The summed E-state index contributed by atoms with van der Waals surface area (Å²) < 4.78 is 51.4. The molecule has 134 valence electrons. The molecule has 0 unspecified atom stereocenters. The normalized spacial score (nSPS) is 12.4. The monoisotopic (exact) mass is 387 g/mol. The number of hydrogen-bond donors (Lipinski definition) is 1. The summed E-state index contributed by atoms with van der Waals surface area (Å²) in [6.07, 6.45) is 2.55. The Morgan fingerprint density at radius 2 is 2.12 bits per heavy atom. The van der Waals surface area contributed by atoms with Crippen LogP contribution in [-0.4, -0.2) is 27.5 Å². The Labute approximate surface area is 146 Å². The van der Waals surface area contributed by atoms with Gasteiger partial charge in [0.1, 0.15) is 5.82 Å². The van der Waals surface area contributed by atoms with Crippen molar-refractivity contribution in [1.82, 2.24) is 19.1 Å². The summed E-state index contributed by atoms with van der Waals surface area (Å²) in [6, 6.07) is 4.46. The first-order valence-corrected chi connectivity index (χ1v) is 9.80. The van der Waals surface area contributed by atoms with Gasteiger partial charge in [0.05, 0.1) is 21.7 Å². The predicted octanol–water partition coefficient (Wildman–Crippen LogP) is 2.59. The van der Waals surface area contributed by atoms with Gasteiger partial charge in [-0.25, -0.2) is 23.5 Å². The molecule has 3 aromatic rings. The lowest BCUT2D eigenvalue weighted by Crippen LogP contribution is -2.11. The van der Waals surface area contributed by atoms with E-state index in [2.05, 4.69) is 9.97 Å². The fourth-order valence-electron chi connectivity index (χ4n) is 2.44. The number of nitrogens with zero attached hydrogens (tertiary/aromatic N) is 4. The van der Waals surface area contributed by atoms with Crippen LogP contribution in [0.3, 0.4) is 0 Å². The highest BCUT2D eigenvalue weighted by atomic mass is 32.2. The topological polar surface area (TPSA) is 95.8 Å². The van der Waals surface area contributed by atoms with Crippen LogP contribution in [0.4, 0.5) is 8.78 Å². The van der Waals surface area contributed by atoms with Crippen LogP contribution in [-0.2, 0) is 22.3 Å². The van der Waals surface area contributed by atoms with Crippen molar-refractivity contribution in [2.24, 2.45) is 5.14 Å². The number of fused-ring (bicyclic) bond motifs is 1. The van der Waals surface area contributed by atoms with Gasteiger partial charge < -0.3 is 4.57 Å². The molecular formula is C14H15F2N5O2S2. The van der Waals surface area contributed by atoms with Gasteiger partial charge in [-0.2, -0.15) is 8.78 Å². The standard InChI is InChI=1S/C14H15F2N5O2S2/c1-2-20-11-4-3-9(25(17,22)23)7-10(11)19-14(20)24-8-12-18-5-6-21(12)13(15)16/h3-7,13H,2,8H2,1H3,(H2,17,22,23). The van der Waals surface area contributed by atoms with Crippen LogP contribution in [0, 0.1) is 0 Å². The molecule has 0 saturated heterocycles. The molecule has 0 aliphatic heterocycles. The van der Waals surface area contributed by atoms with E-state index >= 15 is 0 Å². The van der Waals surface area contributed by atoms with Gasteiger partial charge in [0.2, 0.25) is 10.0 Å². The smallest absolute Gasteiger partial charge is 0.319 e. The minimum Gasteiger partial charge on any atom is -0.319 e. The Bertz CT molecular complexity index is 1010. The van der Waals surface area contributed by atoms with Crippen molar-refractivity contribution in [2.75, 3.05) is 0 Å². The first-order chi connectivity index (χ1) is 11.8. The van der Waals surface area contributed by atoms with E-state index in [1.54, 1.807) is 6.07 Å². The summed E-state index contributed by atoms with van der Waals surface area (Å²) in [5.74, 6) is 0.447. The molecule has 2 N–H and O–H groups in total. The number of sulfonamides is 1. The second kappa shape index (κ2) is 6.73. The fraction of sp³-hybridized carbons (Fsp3) is 0.286. The highest BCUT2D eigenvalue weighted by molar-refractivity contribution is 7.98. The van der Waals surface area contributed by atoms with Gasteiger partial charge in [-0.3, -0.25) is 4.57 Å². The first-order valence-electron chi connectivity index (χ1n) is 7.27. The van der Waals surface area contributed by atoms with Crippen LogP contribution in [0.15, 0.2) is 40.6 Å². The lowest BCUT2D eigenvalue weighted by atomic mass is 10.3. The zero-order valence-corrected chi connectivity index (χ0v) is 14.8. The Balaban J connectivity index is 1.94. The van der Waals surface area contributed by atoms with E-state index in [4.69, 9.17) is 5.14 Å². The van der Waals surface area contributed by atoms with Crippen molar-refractivity contribution in [3.63, 3.8) is 0 Å². The molecule has 3 rings (SSSR count). The number of halogens is 2. The summed E-state index contributed by atoms with van der Waals surface area (Å²) >= 11 is 1.25. The van der Waals surface area contributed by atoms with Crippen LogP contribution in [0.25, 0.3) is 11.0 Å². The zero-order chi connectivity index (χ0) is 18.2. The highest BCUT2D eigenvalue weighted by Crippen LogP contribution is 2.28. The minimum absolute atomic E-state index is 0.0226. The highest BCUT2D eigenvalue weighted by Gasteiger charge is 2.16. The van der Waals surface area contributed by atoms with Crippen molar-refractivity contribution < 1.29 is 17.2 Å². The molecule has 1 aromatic carbocycles. The van der Waals surface area contributed by atoms with E-state index in [-0.39, 0.29) is 16.5 Å². The summed E-state index contributed by atoms with van der Waals surface area (Å²) in [5.41, 5.74) is 1.22. The van der Waals surface area contributed by atoms with Crippen LogP contribution in [0.2, 0.25) is 0 Å². The van der Waals surface area contributed by atoms with Gasteiger partial charge >= 0.3 is 6.55 Å². The maximum absolute atomic E-state index is 12.9. The summed E-state index contributed by atoms with van der Waals surface area (Å²) in [5, 5.41) is 5.73. The first kappa shape index (κ1) is 17.8. The molecule has 0 radical (unpaired) electrons. The molecule has 7 nitrogen and oxygen atoms in total. The number of nitrogens with two attached hydrogens (primary N) is 1. The number of aromatic nitrogens is 4. The number of hydrogen-bond acceptors (Lipinski definition) is 5. The molecular weight excluding hydrogens is 372 g/mol. The van der Waals surface area contributed by atoms with E-state index in [0.717, 1.165) is 10.1 Å². The minimum atomic E-state index is -3.82. The maximum atomic E-state index is 12.9. The molecule has 0 saturated carbocycles. The number of aryl methyl sites for hydroxylation is 1. The quantitative estimate of drug-likeness (QED) is 0.656. The zero-order valence-electron chi connectivity index (χ0n) is 13.1. The third-order valence-electron chi connectivity index (χ3n) is 3.62. The van der Waals surface area contributed by atoms with E-state index < -0.39 is 16.6 Å². The van der Waals surface area contributed by atoms with E-state index in [9.17, 15) is 17.2 Å². The number of benzene rings is 1. The van der Waals surface area contributed by atoms with Crippen molar-refractivity contribution in [3.05, 3.63) is 36.4 Å². The molecule has 0 fully saturated rings. The largest absolute Gasteiger partial charge is 0.319 e. The Kier molecular flexibility index (Phi) is 4.80. The number of primary sulfonamides is 1. The number of alkyl halides is 2. The summed E-state index contributed by atoms with van der Waals surface area (Å²) in [4.78, 5) is 8.33. The average Bonchev–Trinajstić information content (AvgIpc) is 3.15. The van der Waals surface area contributed by atoms with E-state index in [0.29, 0.717) is 17.2 Å². The summed E-state index contributed by atoms with van der Waals surface area (Å²) in [7, 11) is -3.82. The third kappa shape index (κ3) is 3.53. The second-order valence-corrected chi connectivity index (χ2v) is 7.66. The Morgan fingerprint density at radius 1 is 1.36 bits per heavy atom. The molecule has 0 atom stereocenters. The number of imidazole rings is 2. The van der Waals surface area contributed by atoms with Crippen molar-refractivity contribution >= 4 is 32.8 Å². The lowest BCUT2D eigenvalue weighted by molar-refractivity contribution is 0.0678. The van der Waals surface area contributed by atoms with Crippen molar-refractivity contribution in [1.29, 1.82) is 0 Å².